The van der Waals surface area contributed by atoms with E-state index in [1.54, 1.807) is 0 Å². The quantitative estimate of drug-likeness (QED) is 0.304. The van der Waals surface area contributed by atoms with Gasteiger partial charge in [-0.2, -0.15) is 11.8 Å². The number of rotatable bonds is 12. The van der Waals surface area contributed by atoms with E-state index in [0.29, 0.717) is 35.5 Å². The molecule has 156 valence electrons. The van der Waals surface area contributed by atoms with E-state index in [1.165, 1.54) is 57.7 Å². The number of thioether (sulfide) groups is 1. The summed E-state index contributed by atoms with van der Waals surface area (Å²) in [4.78, 5) is 11.3. The Labute approximate surface area is 168 Å². The summed E-state index contributed by atoms with van der Waals surface area (Å²) in [5, 5.41) is 9.73. The molecule has 1 saturated carbocycles. The zero-order valence-electron chi connectivity index (χ0n) is 16.8. The minimum absolute atomic E-state index is 0.195. The molecule has 1 aliphatic carbocycles. The molecule has 0 aromatic rings. The van der Waals surface area contributed by atoms with Crippen molar-refractivity contribution in [3.8, 4) is 0 Å². The molecule has 3 rings (SSSR count). The van der Waals surface area contributed by atoms with Gasteiger partial charge in [-0.1, -0.05) is 12.8 Å². The predicted molar refractivity (Wildman–Crippen MR) is 108 cm³/mol. The van der Waals surface area contributed by atoms with Gasteiger partial charge in [0.25, 0.3) is 0 Å². The number of hydrogen-bond acceptors (Lipinski definition) is 5. The number of hydroxylamine groups is 2. The predicted octanol–water partition coefficient (Wildman–Crippen LogP) is 4.13. The number of nitrogens with zero attached hydrogens (tertiary/aromatic N) is 1. The first-order chi connectivity index (χ1) is 13.1. The molecule has 3 fully saturated rings. The molecule has 6 heteroatoms. The molecule has 27 heavy (non-hydrogen) atoms. The second-order valence-corrected chi connectivity index (χ2v) is 9.81. The molecular formula is C21H37NO4S. The van der Waals surface area contributed by atoms with Gasteiger partial charge in [-0.15, -0.1) is 0 Å². The minimum Gasteiger partial charge on any atom is -0.381 e. The molecule has 0 radical (unpaired) electrons. The maximum Gasteiger partial charge on any atom is 0.245 e. The Kier molecular flexibility index (Phi) is 8.75. The van der Waals surface area contributed by atoms with Crippen LogP contribution in [0.2, 0.25) is 0 Å². The van der Waals surface area contributed by atoms with E-state index in [2.05, 4.69) is 0 Å². The molecule has 0 spiro atoms. The number of unbranched alkanes of at least 4 members (excludes halogenated alkanes) is 1. The van der Waals surface area contributed by atoms with Gasteiger partial charge in [-0.05, 0) is 68.3 Å². The van der Waals surface area contributed by atoms with Crippen LogP contribution in [0.1, 0.15) is 64.2 Å². The van der Waals surface area contributed by atoms with E-state index in [0.717, 1.165) is 37.7 Å². The van der Waals surface area contributed by atoms with Gasteiger partial charge in [0.1, 0.15) is 0 Å². The molecule has 1 N–H and O–H groups in total. The van der Waals surface area contributed by atoms with Crippen LogP contribution in [0.25, 0.3) is 0 Å². The maximum absolute atomic E-state index is 11.3. The first-order valence-electron chi connectivity index (χ1n) is 10.9. The lowest BCUT2D eigenvalue weighted by molar-refractivity contribution is -0.159. The molecule has 0 aromatic carbocycles. The third-order valence-electron chi connectivity index (χ3n) is 6.61. The molecule has 2 heterocycles. The summed E-state index contributed by atoms with van der Waals surface area (Å²) in [6, 6.07) is 0. The highest BCUT2D eigenvalue weighted by molar-refractivity contribution is 7.99. The van der Waals surface area contributed by atoms with Crippen LogP contribution in [-0.4, -0.2) is 60.2 Å². The Bertz CT molecular complexity index is 455. The van der Waals surface area contributed by atoms with E-state index in [9.17, 15) is 4.79 Å². The van der Waals surface area contributed by atoms with Crippen LogP contribution in [0.5, 0.6) is 0 Å². The minimum atomic E-state index is -0.195. The van der Waals surface area contributed by atoms with Crippen LogP contribution in [0.15, 0.2) is 0 Å². The van der Waals surface area contributed by atoms with Gasteiger partial charge in [-0.25, -0.2) is 5.06 Å². The first-order valence-corrected chi connectivity index (χ1v) is 12.1. The number of carbonyl (C=O) groups is 1. The normalized spacial score (nSPS) is 30.3. The van der Waals surface area contributed by atoms with E-state index < -0.39 is 0 Å². The second kappa shape index (κ2) is 11.0. The van der Waals surface area contributed by atoms with Crippen molar-refractivity contribution in [1.29, 1.82) is 0 Å². The van der Waals surface area contributed by atoms with Gasteiger partial charge in [0.05, 0.1) is 18.8 Å². The molecule has 2 saturated heterocycles. The Balaban J connectivity index is 1.28. The van der Waals surface area contributed by atoms with Crippen molar-refractivity contribution in [1.82, 2.24) is 5.06 Å². The standard InChI is InChI=1S/C21H37NO4S/c1-22(24)21(23)8-4-5-12-27-13-11-17-18(20-10-9-19(17)26-20)15-25-14-16-6-2-3-7-16/h16-20,24H,2-15H2,1H3. The summed E-state index contributed by atoms with van der Waals surface area (Å²) >= 11 is 1.99. The lowest BCUT2D eigenvalue weighted by Gasteiger charge is -2.28. The Morgan fingerprint density at radius 1 is 1.07 bits per heavy atom. The molecule has 4 atom stereocenters. The summed E-state index contributed by atoms with van der Waals surface area (Å²) in [5.74, 6) is 4.14. The van der Waals surface area contributed by atoms with Crippen molar-refractivity contribution < 1.29 is 19.5 Å². The van der Waals surface area contributed by atoms with Crippen LogP contribution in [-0.2, 0) is 14.3 Å². The summed E-state index contributed by atoms with van der Waals surface area (Å²) in [6.07, 6.45) is 12.4. The van der Waals surface area contributed by atoms with Crippen molar-refractivity contribution in [2.24, 2.45) is 17.8 Å². The van der Waals surface area contributed by atoms with Gasteiger partial charge >= 0.3 is 0 Å². The zero-order valence-corrected chi connectivity index (χ0v) is 17.6. The third-order valence-corrected chi connectivity index (χ3v) is 7.72. The number of amides is 1. The Morgan fingerprint density at radius 3 is 2.56 bits per heavy atom. The van der Waals surface area contributed by atoms with Crippen LogP contribution < -0.4 is 0 Å². The highest BCUT2D eigenvalue weighted by Crippen LogP contribution is 2.45. The fraction of sp³-hybridized carbons (Fsp3) is 0.952. The number of fused-ring (bicyclic) bond motifs is 2. The first kappa shape index (κ1) is 21.4. The average molecular weight is 400 g/mol. The van der Waals surface area contributed by atoms with Crippen molar-refractivity contribution in [2.75, 3.05) is 31.8 Å². The highest BCUT2D eigenvalue weighted by atomic mass is 32.2. The lowest BCUT2D eigenvalue weighted by atomic mass is 9.78. The topological polar surface area (TPSA) is 59.0 Å². The fourth-order valence-electron chi connectivity index (χ4n) is 5.01. The second-order valence-electron chi connectivity index (χ2n) is 8.58. The molecule has 0 aromatic heterocycles. The number of ether oxygens (including phenoxy) is 2. The molecule has 1 amide bonds. The smallest absolute Gasteiger partial charge is 0.245 e. The largest absolute Gasteiger partial charge is 0.381 e. The highest BCUT2D eigenvalue weighted by Gasteiger charge is 2.48. The molecule has 2 bridgehead atoms. The van der Waals surface area contributed by atoms with Crippen molar-refractivity contribution in [3.05, 3.63) is 0 Å². The summed E-state index contributed by atoms with van der Waals surface area (Å²) < 4.78 is 12.4. The molecule has 5 nitrogen and oxygen atoms in total. The van der Waals surface area contributed by atoms with Crippen LogP contribution in [0, 0.1) is 17.8 Å². The summed E-state index contributed by atoms with van der Waals surface area (Å²) in [5.41, 5.74) is 0. The lowest BCUT2D eigenvalue weighted by Crippen LogP contribution is -2.31. The van der Waals surface area contributed by atoms with Crippen LogP contribution in [0.3, 0.4) is 0 Å². The molecule has 2 aliphatic heterocycles. The van der Waals surface area contributed by atoms with E-state index in [4.69, 9.17) is 14.7 Å². The Hall–Kier alpha value is -0.300. The molecule has 4 unspecified atom stereocenters. The van der Waals surface area contributed by atoms with Gasteiger partial charge in [0.2, 0.25) is 5.91 Å². The van der Waals surface area contributed by atoms with Crippen molar-refractivity contribution in [2.45, 2.75) is 76.4 Å². The van der Waals surface area contributed by atoms with Crippen LogP contribution >= 0.6 is 11.8 Å². The Morgan fingerprint density at radius 2 is 1.81 bits per heavy atom. The van der Waals surface area contributed by atoms with Gasteiger partial charge in [0.15, 0.2) is 0 Å². The average Bonchev–Trinajstić information content (AvgIpc) is 3.39. The zero-order chi connectivity index (χ0) is 19.1. The van der Waals surface area contributed by atoms with E-state index in [1.807, 2.05) is 11.8 Å². The summed E-state index contributed by atoms with van der Waals surface area (Å²) in [7, 11) is 1.39. The van der Waals surface area contributed by atoms with Crippen LogP contribution in [0.4, 0.5) is 0 Å². The van der Waals surface area contributed by atoms with E-state index >= 15 is 0 Å². The van der Waals surface area contributed by atoms with Crippen molar-refractivity contribution in [3.63, 3.8) is 0 Å². The third kappa shape index (κ3) is 6.34. The van der Waals surface area contributed by atoms with Gasteiger partial charge in [0, 0.05) is 26.0 Å². The monoisotopic (exact) mass is 399 g/mol. The van der Waals surface area contributed by atoms with Crippen molar-refractivity contribution >= 4 is 17.7 Å². The van der Waals surface area contributed by atoms with Gasteiger partial charge in [-0.3, -0.25) is 10.0 Å². The van der Waals surface area contributed by atoms with Gasteiger partial charge < -0.3 is 9.47 Å². The number of carbonyl (C=O) groups excluding carboxylic acids is 1. The molecule has 3 aliphatic rings. The van der Waals surface area contributed by atoms with E-state index in [-0.39, 0.29) is 5.91 Å². The fourth-order valence-corrected chi connectivity index (χ4v) is 6.06. The molecular weight excluding hydrogens is 362 g/mol. The number of hydrogen-bond donors (Lipinski definition) is 1. The summed E-state index contributed by atoms with van der Waals surface area (Å²) in [6.45, 7) is 1.85. The maximum atomic E-state index is 11.3. The SMILES string of the molecule is CN(O)C(=O)CCCCSCCC1C2CCC(O2)C1COCC1CCCC1.